The molecule has 234 valence electrons. The Bertz CT molecular complexity index is 1960. The summed E-state index contributed by atoms with van der Waals surface area (Å²) in [5, 5.41) is -0.219. The number of nitrogens with two attached hydrogens (primary N) is 1. The van der Waals surface area contributed by atoms with Crippen molar-refractivity contribution in [3.8, 4) is 22.6 Å². The number of nitrogens with zero attached hydrogens (tertiary/aromatic N) is 5. The lowest BCUT2D eigenvalue weighted by Gasteiger charge is -2.45. The van der Waals surface area contributed by atoms with E-state index in [-0.39, 0.29) is 80.3 Å². The van der Waals surface area contributed by atoms with Gasteiger partial charge in [-0.15, -0.1) is 0 Å². The standard InChI is InChI=1S/C32H30Cl2F2N6O3/c1-6-22(43)40-11-16(5)41-17(12-40)13-45-30-24-21(9-18(25(30)35)23-26(36)19(33)10-20(34)27(23)37)42(32(44)39-31(24)41)29-15(4)7-8-38-28(29)14(2)3/h6-10,14,16-17H,1,11-13,37H2,2-5H3. The fourth-order valence-electron chi connectivity index (χ4n) is 6.38. The van der Waals surface area contributed by atoms with Crippen LogP contribution in [0, 0.1) is 18.6 Å². The van der Waals surface area contributed by atoms with E-state index in [2.05, 4.69) is 16.5 Å². The first kappa shape index (κ1) is 30.8. The first-order valence-corrected chi connectivity index (χ1v) is 15.1. The van der Waals surface area contributed by atoms with Crippen LogP contribution in [0.2, 0.25) is 10.0 Å². The predicted octanol–water partition coefficient (Wildman–Crippen LogP) is 6.03. The largest absolute Gasteiger partial charge is 0.487 e. The van der Waals surface area contributed by atoms with Gasteiger partial charge in [-0.1, -0.05) is 43.6 Å². The summed E-state index contributed by atoms with van der Waals surface area (Å²) < 4.78 is 40.0. The number of anilines is 2. The molecule has 2 aliphatic heterocycles. The first-order valence-electron chi connectivity index (χ1n) is 14.4. The van der Waals surface area contributed by atoms with Crippen molar-refractivity contribution >= 4 is 51.5 Å². The molecule has 9 nitrogen and oxygen atoms in total. The van der Waals surface area contributed by atoms with E-state index in [1.165, 1.54) is 16.7 Å². The van der Waals surface area contributed by atoms with Gasteiger partial charge in [-0.25, -0.2) is 13.6 Å². The lowest BCUT2D eigenvalue weighted by molar-refractivity contribution is -0.127. The van der Waals surface area contributed by atoms with Gasteiger partial charge in [0.25, 0.3) is 0 Å². The summed E-state index contributed by atoms with van der Waals surface area (Å²) in [5.41, 5.74) is 6.65. The van der Waals surface area contributed by atoms with Gasteiger partial charge in [-0.3, -0.25) is 14.3 Å². The van der Waals surface area contributed by atoms with Gasteiger partial charge in [0.1, 0.15) is 12.4 Å². The highest BCUT2D eigenvalue weighted by atomic mass is 35.5. The Morgan fingerprint density at radius 2 is 1.93 bits per heavy atom. The van der Waals surface area contributed by atoms with Crippen molar-refractivity contribution in [3.05, 3.63) is 80.5 Å². The summed E-state index contributed by atoms with van der Waals surface area (Å²) in [7, 11) is 0. The van der Waals surface area contributed by atoms with E-state index >= 15 is 8.78 Å². The van der Waals surface area contributed by atoms with E-state index in [9.17, 15) is 9.59 Å². The van der Waals surface area contributed by atoms with Gasteiger partial charge in [-0.05, 0) is 49.6 Å². The van der Waals surface area contributed by atoms with E-state index < -0.39 is 23.4 Å². The van der Waals surface area contributed by atoms with Crippen LogP contribution in [-0.2, 0) is 4.79 Å². The molecule has 2 unspecified atom stereocenters. The fourth-order valence-corrected chi connectivity index (χ4v) is 6.84. The molecular weight excluding hydrogens is 625 g/mol. The number of ether oxygens (including phenoxy) is 1. The minimum Gasteiger partial charge on any atom is -0.487 e. The molecule has 4 heterocycles. The molecule has 0 aliphatic carbocycles. The molecule has 1 saturated heterocycles. The number of benzene rings is 2. The zero-order chi connectivity index (χ0) is 32.5. The number of piperazine rings is 1. The number of halogens is 4. The molecule has 2 atom stereocenters. The van der Waals surface area contributed by atoms with Crippen molar-refractivity contribution in [1.82, 2.24) is 19.4 Å². The summed E-state index contributed by atoms with van der Waals surface area (Å²) in [4.78, 5) is 39.4. The second-order valence-corrected chi connectivity index (χ2v) is 12.5. The third-order valence-electron chi connectivity index (χ3n) is 8.40. The summed E-state index contributed by atoms with van der Waals surface area (Å²) in [5.74, 6) is -2.33. The van der Waals surface area contributed by atoms with E-state index in [1.54, 1.807) is 17.2 Å². The Morgan fingerprint density at radius 1 is 1.20 bits per heavy atom. The average Bonchev–Trinajstić information content (AvgIpc) is 3.16. The Balaban J connectivity index is 1.76. The van der Waals surface area contributed by atoms with Gasteiger partial charge in [0, 0.05) is 36.5 Å². The van der Waals surface area contributed by atoms with Gasteiger partial charge in [0.05, 0.1) is 44.1 Å². The van der Waals surface area contributed by atoms with E-state index in [0.29, 0.717) is 23.5 Å². The molecule has 2 N–H and O–H groups in total. The normalized spacial score (nSPS) is 17.7. The summed E-state index contributed by atoms with van der Waals surface area (Å²) in [6, 6.07) is 3.43. The molecule has 0 saturated carbocycles. The lowest BCUT2D eigenvalue weighted by Crippen LogP contribution is -2.61. The Morgan fingerprint density at radius 3 is 2.62 bits per heavy atom. The maximum Gasteiger partial charge on any atom is 0.354 e. The molecule has 2 aromatic carbocycles. The highest BCUT2D eigenvalue weighted by molar-refractivity contribution is 6.37. The van der Waals surface area contributed by atoms with E-state index in [4.69, 9.17) is 33.7 Å². The SMILES string of the molecule is C=CC(=O)N1CC(C)N2c3nc(=O)n(-c4c(C)ccnc4C(C)C)c4cc(-c5c(N)c(Cl)cc(Cl)c5F)c(F)c(c34)OCC2C1. The number of nitrogen functional groups attached to an aromatic ring is 1. The lowest BCUT2D eigenvalue weighted by atomic mass is 9.98. The van der Waals surface area contributed by atoms with Crippen LogP contribution in [0.3, 0.4) is 0 Å². The van der Waals surface area contributed by atoms with Gasteiger partial charge < -0.3 is 20.3 Å². The van der Waals surface area contributed by atoms with Gasteiger partial charge >= 0.3 is 5.69 Å². The van der Waals surface area contributed by atoms with Crippen LogP contribution in [-0.4, -0.2) is 57.1 Å². The minimum absolute atomic E-state index is 0.0667. The first-order chi connectivity index (χ1) is 21.3. The highest BCUT2D eigenvalue weighted by Gasteiger charge is 2.40. The second kappa shape index (κ2) is 11.3. The maximum atomic E-state index is 16.8. The quantitative estimate of drug-likeness (QED) is 0.163. The Hall–Kier alpha value is -4.22. The highest BCUT2D eigenvalue weighted by Crippen LogP contribution is 2.47. The number of hydrogen-bond donors (Lipinski definition) is 1. The predicted molar refractivity (Wildman–Crippen MR) is 172 cm³/mol. The molecule has 0 bridgehead atoms. The number of pyridine rings is 1. The molecule has 4 aromatic rings. The molecule has 2 aromatic heterocycles. The Labute approximate surface area is 267 Å². The molecule has 1 amide bonds. The molecule has 2 aliphatic rings. The number of aryl methyl sites for hydroxylation is 1. The monoisotopic (exact) mass is 654 g/mol. The number of aromatic nitrogens is 3. The number of amides is 1. The van der Waals surface area contributed by atoms with Crippen molar-refractivity contribution < 1.29 is 18.3 Å². The molecular formula is C32H30Cl2F2N6O3. The third-order valence-corrected chi connectivity index (χ3v) is 8.98. The number of carbonyl (C=O) groups excluding carboxylic acids is 1. The Kier molecular flexibility index (Phi) is 7.73. The van der Waals surface area contributed by atoms with E-state index in [1.807, 2.05) is 32.6 Å². The molecule has 45 heavy (non-hydrogen) atoms. The van der Waals surface area contributed by atoms with Gasteiger partial charge in [0.15, 0.2) is 17.4 Å². The topological polar surface area (TPSA) is 107 Å². The fraction of sp³-hybridized carbons (Fsp3) is 0.312. The van der Waals surface area contributed by atoms with Crippen LogP contribution in [0.25, 0.3) is 27.7 Å². The summed E-state index contributed by atoms with van der Waals surface area (Å²) in [6.07, 6.45) is 2.88. The zero-order valence-electron chi connectivity index (χ0n) is 25.0. The average molecular weight is 656 g/mol. The summed E-state index contributed by atoms with van der Waals surface area (Å²) >= 11 is 12.4. The number of fused-ring (bicyclic) bond motifs is 2. The molecule has 6 rings (SSSR count). The number of carbonyl (C=O) groups is 1. The smallest absolute Gasteiger partial charge is 0.354 e. The van der Waals surface area contributed by atoms with Crippen LogP contribution >= 0.6 is 23.2 Å². The molecule has 0 radical (unpaired) electrons. The van der Waals surface area contributed by atoms with Crippen LogP contribution in [0.4, 0.5) is 20.3 Å². The van der Waals surface area contributed by atoms with Crippen molar-refractivity contribution in [3.63, 3.8) is 0 Å². The maximum absolute atomic E-state index is 16.8. The van der Waals surface area contributed by atoms with Crippen LogP contribution in [0.1, 0.15) is 37.9 Å². The number of rotatable bonds is 4. The van der Waals surface area contributed by atoms with Crippen molar-refractivity contribution in [2.24, 2.45) is 0 Å². The van der Waals surface area contributed by atoms with Crippen LogP contribution in [0.15, 0.2) is 41.8 Å². The minimum atomic E-state index is -0.981. The molecule has 0 spiro atoms. The van der Waals surface area contributed by atoms with Crippen molar-refractivity contribution in [2.45, 2.75) is 45.7 Å². The van der Waals surface area contributed by atoms with Gasteiger partial charge in [0.2, 0.25) is 5.91 Å². The van der Waals surface area contributed by atoms with Crippen LogP contribution in [0.5, 0.6) is 5.75 Å². The van der Waals surface area contributed by atoms with Crippen molar-refractivity contribution in [2.75, 3.05) is 30.3 Å². The van der Waals surface area contributed by atoms with Gasteiger partial charge in [-0.2, -0.15) is 4.98 Å². The zero-order valence-corrected chi connectivity index (χ0v) is 26.5. The van der Waals surface area contributed by atoms with E-state index in [0.717, 1.165) is 6.07 Å². The third kappa shape index (κ3) is 4.80. The molecule has 1 fully saturated rings. The second-order valence-electron chi connectivity index (χ2n) is 11.6. The van der Waals surface area contributed by atoms with Crippen LogP contribution < -0.4 is 21.1 Å². The molecule has 13 heteroatoms. The number of hydrogen-bond acceptors (Lipinski definition) is 7. The van der Waals surface area contributed by atoms with Crippen molar-refractivity contribution in [1.29, 1.82) is 0 Å². The summed E-state index contributed by atoms with van der Waals surface area (Å²) in [6.45, 7) is 11.6.